The van der Waals surface area contributed by atoms with E-state index in [1.807, 2.05) is 0 Å². The maximum Gasteiger partial charge on any atom is 0.336 e. The van der Waals surface area contributed by atoms with Crippen molar-refractivity contribution in [3.05, 3.63) is 48.8 Å². The summed E-state index contributed by atoms with van der Waals surface area (Å²) in [6, 6.07) is 0. The van der Waals surface area contributed by atoms with E-state index in [1.54, 1.807) is 39.8 Å². The Bertz CT molecular complexity index is 389. The van der Waals surface area contributed by atoms with Crippen molar-refractivity contribution in [1.29, 1.82) is 0 Å². The Labute approximate surface area is 121 Å². The molecule has 0 saturated carbocycles. The van der Waals surface area contributed by atoms with Crippen LogP contribution in [-0.4, -0.2) is 25.0 Å². The standard InChI is InChI=1S/C9H14O3.C7H10O/c1-4-6-11-7-8(3)9(10)12-5-2;1-4-5-7(8)6(2)3/h4,7H,1,5-6H2,2-3H3;4-5H,2H2,1,3H3. The molecule has 4 nitrogen and oxygen atoms in total. The van der Waals surface area contributed by atoms with Gasteiger partial charge in [0.05, 0.1) is 18.4 Å². The molecular weight excluding hydrogens is 256 g/mol. The Morgan fingerprint density at radius 3 is 2.20 bits per heavy atom. The first kappa shape index (κ1) is 20.2. The number of carbonyl (C=O) groups is 2. The van der Waals surface area contributed by atoms with Crippen LogP contribution in [0.4, 0.5) is 0 Å². The van der Waals surface area contributed by atoms with Gasteiger partial charge < -0.3 is 9.47 Å². The van der Waals surface area contributed by atoms with Crippen molar-refractivity contribution in [2.24, 2.45) is 0 Å². The fourth-order valence-electron chi connectivity index (χ4n) is 0.828. The van der Waals surface area contributed by atoms with Crippen molar-refractivity contribution in [2.45, 2.75) is 27.7 Å². The van der Waals surface area contributed by atoms with Crippen molar-refractivity contribution < 1.29 is 19.1 Å². The summed E-state index contributed by atoms with van der Waals surface area (Å²) in [4.78, 5) is 21.5. The molecule has 0 amide bonds. The molecule has 0 bridgehead atoms. The van der Waals surface area contributed by atoms with E-state index in [1.165, 1.54) is 12.3 Å². The summed E-state index contributed by atoms with van der Waals surface area (Å²) in [6.07, 6.45) is 6.19. The maximum absolute atomic E-state index is 10.9. The molecule has 0 aliphatic rings. The number of ether oxygens (including phenoxy) is 2. The first-order chi connectivity index (χ1) is 9.40. The molecule has 0 spiro atoms. The van der Waals surface area contributed by atoms with Crippen molar-refractivity contribution in [2.75, 3.05) is 13.2 Å². The summed E-state index contributed by atoms with van der Waals surface area (Å²) in [5, 5.41) is 0. The fraction of sp³-hybridized carbons (Fsp3) is 0.375. The first-order valence-electron chi connectivity index (χ1n) is 6.29. The molecule has 0 fully saturated rings. The summed E-state index contributed by atoms with van der Waals surface area (Å²) < 4.78 is 9.65. The lowest BCUT2D eigenvalue weighted by molar-refractivity contribution is -0.138. The Kier molecular flexibility index (Phi) is 13.5. The molecule has 0 rings (SSSR count). The van der Waals surface area contributed by atoms with Crippen molar-refractivity contribution in [3.63, 3.8) is 0 Å². The number of rotatable bonds is 7. The summed E-state index contributed by atoms with van der Waals surface area (Å²) in [5.74, 6) is -0.339. The number of esters is 1. The molecule has 112 valence electrons. The van der Waals surface area contributed by atoms with Crippen LogP contribution in [0.1, 0.15) is 27.7 Å². The van der Waals surface area contributed by atoms with Gasteiger partial charge in [-0.15, -0.1) is 0 Å². The summed E-state index contributed by atoms with van der Waals surface area (Å²) >= 11 is 0. The van der Waals surface area contributed by atoms with E-state index in [0.29, 0.717) is 24.4 Å². The second kappa shape index (κ2) is 13.3. The molecule has 0 unspecified atom stereocenters. The van der Waals surface area contributed by atoms with Crippen LogP contribution in [0.5, 0.6) is 0 Å². The van der Waals surface area contributed by atoms with Gasteiger partial charge in [0.25, 0.3) is 0 Å². The maximum atomic E-state index is 10.9. The van der Waals surface area contributed by atoms with E-state index in [0.717, 1.165) is 0 Å². The lowest BCUT2D eigenvalue weighted by Crippen LogP contribution is -2.05. The third kappa shape index (κ3) is 12.4. The highest BCUT2D eigenvalue weighted by atomic mass is 16.5. The number of hydrogen-bond donors (Lipinski definition) is 0. The SMILES string of the molecule is C=C(C)C(=O)C=CC.C=CCOC=C(C)C(=O)OCC. The molecule has 0 aromatic rings. The van der Waals surface area contributed by atoms with Crippen LogP contribution in [0, 0.1) is 0 Å². The van der Waals surface area contributed by atoms with Gasteiger partial charge >= 0.3 is 5.97 Å². The third-order valence-electron chi connectivity index (χ3n) is 1.81. The molecule has 0 heterocycles. The third-order valence-corrected chi connectivity index (χ3v) is 1.81. The monoisotopic (exact) mass is 280 g/mol. The Morgan fingerprint density at radius 2 is 1.85 bits per heavy atom. The smallest absolute Gasteiger partial charge is 0.336 e. The van der Waals surface area contributed by atoms with E-state index in [4.69, 9.17) is 9.47 Å². The average Bonchev–Trinajstić information content (AvgIpc) is 2.40. The normalized spacial score (nSPS) is 10.3. The van der Waals surface area contributed by atoms with Crippen molar-refractivity contribution in [1.82, 2.24) is 0 Å². The zero-order chi connectivity index (χ0) is 16.0. The second-order valence-corrected chi connectivity index (χ2v) is 3.79. The van der Waals surface area contributed by atoms with Crippen LogP contribution in [0.15, 0.2) is 48.8 Å². The zero-order valence-electron chi connectivity index (χ0n) is 12.8. The molecule has 0 radical (unpaired) electrons. The van der Waals surface area contributed by atoms with Gasteiger partial charge in [0.1, 0.15) is 6.61 Å². The summed E-state index contributed by atoms with van der Waals surface area (Å²) in [6.45, 7) is 14.6. The van der Waals surface area contributed by atoms with Crippen LogP contribution in [0.3, 0.4) is 0 Å². The number of hydrogen-bond acceptors (Lipinski definition) is 4. The molecule has 0 saturated heterocycles. The highest BCUT2D eigenvalue weighted by Gasteiger charge is 2.03. The van der Waals surface area contributed by atoms with Gasteiger partial charge in [0.15, 0.2) is 5.78 Å². The van der Waals surface area contributed by atoms with E-state index in [2.05, 4.69) is 13.2 Å². The van der Waals surface area contributed by atoms with Crippen LogP contribution in [0.2, 0.25) is 0 Å². The number of allylic oxidation sites excluding steroid dienone is 3. The topological polar surface area (TPSA) is 52.6 Å². The molecule has 0 aliphatic carbocycles. The summed E-state index contributed by atoms with van der Waals surface area (Å²) in [5.41, 5.74) is 1.04. The minimum Gasteiger partial charge on any atom is -0.497 e. The summed E-state index contributed by atoms with van der Waals surface area (Å²) in [7, 11) is 0. The van der Waals surface area contributed by atoms with Crippen LogP contribution in [-0.2, 0) is 19.1 Å². The molecule has 20 heavy (non-hydrogen) atoms. The van der Waals surface area contributed by atoms with E-state index < -0.39 is 0 Å². The largest absolute Gasteiger partial charge is 0.497 e. The van der Waals surface area contributed by atoms with Gasteiger partial charge in [0, 0.05) is 0 Å². The average molecular weight is 280 g/mol. The van der Waals surface area contributed by atoms with Crippen LogP contribution < -0.4 is 0 Å². The highest BCUT2D eigenvalue weighted by Crippen LogP contribution is 1.96. The zero-order valence-corrected chi connectivity index (χ0v) is 12.8. The highest BCUT2D eigenvalue weighted by molar-refractivity contribution is 6.02. The molecule has 0 aromatic carbocycles. The molecule has 0 aliphatic heterocycles. The quantitative estimate of drug-likeness (QED) is 0.236. The van der Waals surface area contributed by atoms with E-state index >= 15 is 0 Å². The predicted molar refractivity (Wildman–Crippen MR) is 81.2 cm³/mol. The van der Waals surface area contributed by atoms with Crippen molar-refractivity contribution >= 4 is 11.8 Å². The second-order valence-electron chi connectivity index (χ2n) is 3.79. The molecular formula is C16H24O4. The predicted octanol–water partition coefficient (Wildman–Crippen LogP) is 3.36. The van der Waals surface area contributed by atoms with Crippen molar-refractivity contribution in [3.8, 4) is 0 Å². The van der Waals surface area contributed by atoms with Gasteiger partial charge in [-0.1, -0.05) is 25.3 Å². The number of ketones is 1. The van der Waals surface area contributed by atoms with E-state index in [-0.39, 0.29) is 11.8 Å². The Balaban J connectivity index is 0. The molecule has 0 atom stereocenters. The van der Waals surface area contributed by atoms with Crippen LogP contribution in [0.25, 0.3) is 0 Å². The van der Waals surface area contributed by atoms with Gasteiger partial charge in [-0.3, -0.25) is 4.79 Å². The fourth-order valence-corrected chi connectivity index (χ4v) is 0.828. The molecule has 4 heteroatoms. The van der Waals surface area contributed by atoms with Gasteiger partial charge in [-0.05, 0) is 39.3 Å². The molecule has 0 aromatic heterocycles. The Morgan fingerprint density at radius 1 is 1.25 bits per heavy atom. The van der Waals surface area contributed by atoms with Gasteiger partial charge in [-0.25, -0.2) is 4.79 Å². The lowest BCUT2D eigenvalue weighted by atomic mass is 10.2. The van der Waals surface area contributed by atoms with Gasteiger partial charge in [0.2, 0.25) is 0 Å². The number of carbonyl (C=O) groups excluding carboxylic acids is 2. The van der Waals surface area contributed by atoms with E-state index in [9.17, 15) is 9.59 Å². The minimum atomic E-state index is -0.346. The van der Waals surface area contributed by atoms with Gasteiger partial charge in [-0.2, -0.15) is 0 Å². The first-order valence-corrected chi connectivity index (χ1v) is 6.29. The molecule has 0 N–H and O–H groups in total. The lowest BCUT2D eigenvalue weighted by Gasteiger charge is -2.01. The van der Waals surface area contributed by atoms with Crippen LogP contribution >= 0.6 is 0 Å². The minimum absolute atomic E-state index is 0.00694. The Hall–Kier alpha value is -2.10.